The van der Waals surface area contributed by atoms with Crippen molar-refractivity contribution in [2.45, 2.75) is 25.8 Å². The van der Waals surface area contributed by atoms with E-state index in [9.17, 15) is 4.79 Å². The lowest BCUT2D eigenvalue weighted by Crippen LogP contribution is -2.29. The van der Waals surface area contributed by atoms with Gasteiger partial charge in [-0.3, -0.25) is 9.78 Å². The summed E-state index contributed by atoms with van der Waals surface area (Å²) in [5.41, 5.74) is 4.15. The Morgan fingerprint density at radius 1 is 1.19 bits per heavy atom. The molecule has 0 fully saturated rings. The van der Waals surface area contributed by atoms with Gasteiger partial charge in [0, 0.05) is 60.1 Å². The first-order chi connectivity index (χ1) is 15.2. The number of pyridine rings is 1. The van der Waals surface area contributed by atoms with Gasteiger partial charge in [-0.15, -0.1) is 11.3 Å². The van der Waals surface area contributed by atoms with E-state index in [2.05, 4.69) is 48.9 Å². The van der Waals surface area contributed by atoms with E-state index in [0.717, 1.165) is 30.8 Å². The summed E-state index contributed by atoms with van der Waals surface area (Å²) >= 11 is 1.84. The molecule has 3 aromatic heterocycles. The molecule has 31 heavy (non-hydrogen) atoms. The number of hydrogen-bond acceptors (Lipinski definition) is 7. The first-order valence-electron chi connectivity index (χ1n) is 10.2. The molecule has 156 valence electrons. The molecule has 0 aliphatic carbocycles. The molecule has 7 nitrogen and oxygen atoms in total. The van der Waals surface area contributed by atoms with Crippen LogP contribution in [0.4, 0.5) is 11.4 Å². The SMILES string of the molecule is O=C(CCc1nc(-c2cccnc2)no1)Nc1ccc(N2CCc3sccc3C2)cc1. The number of aryl methyl sites for hydroxylation is 1. The number of aromatic nitrogens is 3. The zero-order chi connectivity index (χ0) is 21.0. The molecule has 0 spiro atoms. The van der Waals surface area contributed by atoms with Crippen molar-refractivity contribution in [3.05, 3.63) is 76.6 Å². The van der Waals surface area contributed by atoms with Crippen LogP contribution in [0.15, 0.2) is 64.8 Å². The van der Waals surface area contributed by atoms with Crippen LogP contribution >= 0.6 is 11.3 Å². The van der Waals surface area contributed by atoms with Crippen LogP contribution in [0.5, 0.6) is 0 Å². The van der Waals surface area contributed by atoms with E-state index in [0.29, 0.717) is 18.1 Å². The molecular formula is C23H21N5O2S. The number of nitrogens with one attached hydrogen (secondary N) is 1. The minimum atomic E-state index is -0.0882. The second-order valence-corrected chi connectivity index (χ2v) is 8.39. The maximum atomic E-state index is 12.3. The largest absolute Gasteiger partial charge is 0.367 e. The molecule has 5 rings (SSSR count). The smallest absolute Gasteiger partial charge is 0.227 e. The maximum absolute atomic E-state index is 12.3. The first-order valence-corrected chi connectivity index (χ1v) is 11.1. The Kier molecular flexibility index (Phi) is 5.45. The molecule has 1 amide bonds. The van der Waals surface area contributed by atoms with E-state index in [-0.39, 0.29) is 12.3 Å². The Labute approximate surface area is 183 Å². The molecule has 0 atom stereocenters. The van der Waals surface area contributed by atoms with Gasteiger partial charge in [0.2, 0.25) is 17.6 Å². The highest BCUT2D eigenvalue weighted by Crippen LogP contribution is 2.28. The number of thiophene rings is 1. The first kappa shape index (κ1) is 19.4. The molecule has 1 aliphatic heterocycles. The fourth-order valence-corrected chi connectivity index (χ4v) is 4.53. The highest BCUT2D eigenvalue weighted by atomic mass is 32.1. The van der Waals surface area contributed by atoms with Gasteiger partial charge in [-0.05, 0) is 59.8 Å². The monoisotopic (exact) mass is 431 g/mol. The van der Waals surface area contributed by atoms with Crippen molar-refractivity contribution in [2.75, 3.05) is 16.8 Å². The third kappa shape index (κ3) is 4.49. The van der Waals surface area contributed by atoms with Gasteiger partial charge >= 0.3 is 0 Å². The molecule has 0 saturated carbocycles. The summed E-state index contributed by atoms with van der Waals surface area (Å²) in [6.07, 6.45) is 5.10. The summed E-state index contributed by atoms with van der Waals surface area (Å²) < 4.78 is 5.25. The zero-order valence-electron chi connectivity index (χ0n) is 16.8. The zero-order valence-corrected chi connectivity index (χ0v) is 17.6. The van der Waals surface area contributed by atoms with E-state index in [4.69, 9.17) is 4.52 Å². The number of fused-ring (bicyclic) bond motifs is 1. The molecule has 0 unspecified atom stereocenters. The summed E-state index contributed by atoms with van der Waals surface area (Å²) in [6, 6.07) is 13.9. The lowest BCUT2D eigenvalue weighted by atomic mass is 10.1. The van der Waals surface area contributed by atoms with Crippen LogP contribution in [-0.2, 0) is 24.2 Å². The van der Waals surface area contributed by atoms with E-state index in [1.54, 1.807) is 12.4 Å². The van der Waals surface area contributed by atoms with Gasteiger partial charge in [-0.2, -0.15) is 4.98 Å². The number of rotatable bonds is 6. The average molecular weight is 432 g/mol. The Bertz CT molecular complexity index is 1170. The standard InChI is InChI=1S/C23H21N5O2S/c29-21(7-8-22-26-23(27-30-22)16-2-1-11-24-14-16)25-18-3-5-19(6-4-18)28-12-9-20-17(15-28)10-13-31-20/h1-6,10-11,13-14H,7-9,12,15H2,(H,25,29). The maximum Gasteiger partial charge on any atom is 0.227 e. The van der Waals surface area contributed by atoms with Crippen molar-refractivity contribution in [3.63, 3.8) is 0 Å². The van der Waals surface area contributed by atoms with Crippen molar-refractivity contribution in [3.8, 4) is 11.4 Å². The van der Waals surface area contributed by atoms with Crippen LogP contribution < -0.4 is 10.2 Å². The second-order valence-electron chi connectivity index (χ2n) is 7.39. The average Bonchev–Trinajstić information content (AvgIpc) is 3.48. The van der Waals surface area contributed by atoms with Crippen LogP contribution in [0.2, 0.25) is 0 Å². The van der Waals surface area contributed by atoms with Gasteiger partial charge in [-0.25, -0.2) is 0 Å². The minimum Gasteiger partial charge on any atom is -0.367 e. The topological polar surface area (TPSA) is 84.1 Å². The molecular weight excluding hydrogens is 410 g/mol. The molecule has 0 saturated heterocycles. The summed E-state index contributed by atoms with van der Waals surface area (Å²) in [5.74, 6) is 0.823. The van der Waals surface area contributed by atoms with Gasteiger partial charge < -0.3 is 14.7 Å². The molecule has 4 aromatic rings. The van der Waals surface area contributed by atoms with E-state index in [1.807, 2.05) is 35.6 Å². The lowest BCUT2D eigenvalue weighted by Gasteiger charge is -2.29. The Morgan fingerprint density at radius 2 is 2.10 bits per heavy atom. The number of benzene rings is 1. The number of amides is 1. The van der Waals surface area contributed by atoms with Gasteiger partial charge in [0.1, 0.15) is 0 Å². The van der Waals surface area contributed by atoms with Crippen molar-refractivity contribution in [1.82, 2.24) is 15.1 Å². The van der Waals surface area contributed by atoms with Crippen molar-refractivity contribution in [1.29, 1.82) is 0 Å². The van der Waals surface area contributed by atoms with Crippen molar-refractivity contribution in [2.24, 2.45) is 0 Å². The van der Waals surface area contributed by atoms with E-state index in [1.165, 1.54) is 16.1 Å². The Morgan fingerprint density at radius 3 is 2.94 bits per heavy atom. The normalized spacial score (nSPS) is 13.1. The molecule has 1 aliphatic rings. The summed E-state index contributed by atoms with van der Waals surface area (Å²) in [7, 11) is 0. The van der Waals surface area contributed by atoms with Crippen molar-refractivity contribution < 1.29 is 9.32 Å². The molecule has 1 aromatic carbocycles. The van der Waals surface area contributed by atoms with Crippen LogP contribution in [0.25, 0.3) is 11.4 Å². The molecule has 0 bridgehead atoms. The van der Waals surface area contributed by atoms with Gasteiger partial charge in [0.25, 0.3) is 0 Å². The van der Waals surface area contributed by atoms with E-state index < -0.39 is 0 Å². The Balaban J connectivity index is 1.14. The molecule has 4 heterocycles. The molecule has 0 radical (unpaired) electrons. The number of anilines is 2. The minimum absolute atomic E-state index is 0.0882. The van der Waals surface area contributed by atoms with E-state index >= 15 is 0 Å². The summed E-state index contributed by atoms with van der Waals surface area (Å²) in [6.45, 7) is 1.96. The highest BCUT2D eigenvalue weighted by Gasteiger charge is 2.17. The second kappa shape index (κ2) is 8.69. The van der Waals surface area contributed by atoms with Crippen LogP contribution in [-0.4, -0.2) is 27.6 Å². The number of nitrogens with zero attached hydrogens (tertiary/aromatic N) is 4. The predicted octanol–water partition coefficient (Wildman–Crippen LogP) is 4.33. The predicted molar refractivity (Wildman–Crippen MR) is 120 cm³/mol. The Hall–Kier alpha value is -3.52. The lowest BCUT2D eigenvalue weighted by molar-refractivity contribution is -0.116. The van der Waals surface area contributed by atoms with Crippen LogP contribution in [0, 0.1) is 0 Å². The third-order valence-electron chi connectivity index (χ3n) is 5.28. The number of carbonyl (C=O) groups excluding carboxylic acids is 1. The molecule has 1 N–H and O–H groups in total. The quantitative estimate of drug-likeness (QED) is 0.489. The third-order valence-corrected chi connectivity index (χ3v) is 6.30. The van der Waals surface area contributed by atoms with Crippen LogP contribution in [0.3, 0.4) is 0 Å². The fourth-order valence-electron chi connectivity index (χ4n) is 3.64. The van der Waals surface area contributed by atoms with Gasteiger partial charge in [-0.1, -0.05) is 5.16 Å². The molecule has 8 heteroatoms. The highest BCUT2D eigenvalue weighted by molar-refractivity contribution is 7.10. The van der Waals surface area contributed by atoms with Crippen molar-refractivity contribution >= 4 is 28.6 Å². The number of hydrogen-bond donors (Lipinski definition) is 1. The van der Waals surface area contributed by atoms with Crippen LogP contribution in [0.1, 0.15) is 22.8 Å². The van der Waals surface area contributed by atoms with Gasteiger partial charge in [0.05, 0.1) is 0 Å². The summed E-state index contributed by atoms with van der Waals surface area (Å²) in [5, 5.41) is 9.06. The fraction of sp³-hybridized carbons (Fsp3) is 0.217. The summed E-state index contributed by atoms with van der Waals surface area (Å²) in [4.78, 5) is 24.6. The van der Waals surface area contributed by atoms with Gasteiger partial charge in [0.15, 0.2) is 0 Å². The number of carbonyl (C=O) groups is 1.